The van der Waals surface area contributed by atoms with Gasteiger partial charge in [0.25, 0.3) is 5.91 Å². The third kappa shape index (κ3) is 5.77. The summed E-state index contributed by atoms with van der Waals surface area (Å²) in [5, 5.41) is 2.85. The van der Waals surface area contributed by atoms with Crippen molar-refractivity contribution in [3.63, 3.8) is 0 Å². The first-order valence-corrected chi connectivity index (χ1v) is 11.1. The molecule has 7 nitrogen and oxygen atoms in total. The Hall–Kier alpha value is -1.93. The number of piperazine rings is 1. The molecule has 0 radical (unpaired) electrons. The van der Waals surface area contributed by atoms with Gasteiger partial charge in [-0.2, -0.15) is 0 Å². The summed E-state index contributed by atoms with van der Waals surface area (Å²) in [6.07, 6.45) is 1.40. The average molecular weight is 396 g/mol. The van der Waals surface area contributed by atoms with Crippen molar-refractivity contribution in [1.29, 1.82) is 0 Å². The normalized spacial score (nSPS) is 15.6. The zero-order valence-electron chi connectivity index (χ0n) is 16.1. The summed E-state index contributed by atoms with van der Waals surface area (Å²) in [6, 6.07) is 6.42. The van der Waals surface area contributed by atoms with Gasteiger partial charge in [0, 0.05) is 32.7 Å². The number of carbonyl (C=O) groups excluding carboxylic acids is 2. The van der Waals surface area contributed by atoms with E-state index in [1.807, 2.05) is 11.8 Å². The second-order valence-electron chi connectivity index (χ2n) is 6.73. The second kappa shape index (κ2) is 9.85. The molecule has 1 fully saturated rings. The highest BCUT2D eigenvalue weighted by atomic mass is 32.2. The third-order valence-corrected chi connectivity index (χ3v) is 6.50. The maximum atomic E-state index is 12.9. The van der Waals surface area contributed by atoms with Crippen molar-refractivity contribution in [2.45, 2.75) is 31.6 Å². The minimum atomic E-state index is -3.47. The highest BCUT2D eigenvalue weighted by molar-refractivity contribution is 7.91. The van der Waals surface area contributed by atoms with Crippen LogP contribution in [0.5, 0.6) is 0 Å². The molecule has 8 heteroatoms. The Bertz CT molecular complexity index is 756. The fourth-order valence-electron chi connectivity index (χ4n) is 3.10. The van der Waals surface area contributed by atoms with Crippen LogP contribution in [-0.2, 0) is 14.6 Å². The van der Waals surface area contributed by atoms with Crippen molar-refractivity contribution in [1.82, 2.24) is 15.1 Å². The number of benzene rings is 1. The van der Waals surface area contributed by atoms with Crippen molar-refractivity contribution < 1.29 is 18.0 Å². The Labute approximate surface area is 161 Å². The second-order valence-corrected chi connectivity index (χ2v) is 8.81. The number of nitrogens with zero attached hydrogens (tertiary/aromatic N) is 2. The Morgan fingerprint density at radius 1 is 1.04 bits per heavy atom. The first-order chi connectivity index (χ1) is 12.9. The molecule has 1 saturated heterocycles. The Balaban J connectivity index is 2.02. The van der Waals surface area contributed by atoms with Gasteiger partial charge in [0.2, 0.25) is 5.91 Å². The highest BCUT2D eigenvalue weighted by Gasteiger charge is 2.27. The largest absolute Gasteiger partial charge is 0.355 e. The number of rotatable bonds is 8. The minimum absolute atomic E-state index is 0.00682. The van der Waals surface area contributed by atoms with Gasteiger partial charge in [0.05, 0.1) is 22.8 Å². The summed E-state index contributed by atoms with van der Waals surface area (Å²) in [5.74, 6) is -0.245. The minimum Gasteiger partial charge on any atom is -0.355 e. The smallest absolute Gasteiger partial charge is 0.255 e. The number of hydrogen-bond acceptors (Lipinski definition) is 5. The molecule has 1 aromatic carbocycles. The van der Waals surface area contributed by atoms with Crippen molar-refractivity contribution in [2.75, 3.05) is 45.0 Å². The molecule has 27 heavy (non-hydrogen) atoms. The van der Waals surface area contributed by atoms with Crippen LogP contribution in [-0.4, -0.2) is 75.1 Å². The van der Waals surface area contributed by atoms with E-state index < -0.39 is 9.84 Å². The lowest BCUT2D eigenvalue weighted by Gasteiger charge is -2.34. The van der Waals surface area contributed by atoms with E-state index in [-0.39, 0.29) is 28.0 Å². The third-order valence-electron chi connectivity index (χ3n) is 4.52. The lowest BCUT2D eigenvalue weighted by atomic mass is 10.2. The van der Waals surface area contributed by atoms with Gasteiger partial charge in [-0.3, -0.25) is 14.5 Å². The van der Waals surface area contributed by atoms with Crippen molar-refractivity contribution in [2.24, 2.45) is 0 Å². The maximum Gasteiger partial charge on any atom is 0.255 e. The predicted molar refractivity (Wildman–Crippen MR) is 104 cm³/mol. The first-order valence-electron chi connectivity index (χ1n) is 9.49. The topological polar surface area (TPSA) is 86.8 Å². The van der Waals surface area contributed by atoms with E-state index in [1.54, 1.807) is 30.0 Å². The van der Waals surface area contributed by atoms with Gasteiger partial charge < -0.3 is 10.2 Å². The summed E-state index contributed by atoms with van der Waals surface area (Å²) < 4.78 is 25.0. The van der Waals surface area contributed by atoms with Gasteiger partial charge in [0.1, 0.15) is 0 Å². The monoisotopic (exact) mass is 395 g/mol. The van der Waals surface area contributed by atoms with E-state index in [0.29, 0.717) is 45.7 Å². The Morgan fingerprint density at radius 2 is 1.70 bits per heavy atom. The molecular formula is C19H29N3O4S. The molecule has 0 spiro atoms. The molecule has 150 valence electrons. The molecule has 1 N–H and O–H groups in total. The molecule has 0 aromatic heterocycles. The van der Waals surface area contributed by atoms with Crippen LogP contribution >= 0.6 is 0 Å². The maximum absolute atomic E-state index is 12.9. The van der Waals surface area contributed by atoms with Crippen LogP contribution in [0, 0.1) is 0 Å². The van der Waals surface area contributed by atoms with E-state index in [0.717, 1.165) is 6.42 Å². The van der Waals surface area contributed by atoms with Crippen LogP contribution in [0.3, 0.4) is 0 Å². The quantitative estimate of drug-likeness (QED) is 0.714. The molecule has 1 heterocycles. The fraction of sp³-hybridized carbons (Fsp3) is 0.579. The van der Waals surface area contributed by atoms with E-state index in [1.165, 1.54) is 6.07 Å². The van der Waals surface area contributed by atoms with Crippen LogP contribution in [0.2, 0.25) is 0 Å². The van der Waals surface area contributed by atoms with Crippen LogP contribution in [0.4, 0.5) is 0 Å². The fourth-order valence-corrected chi connectivity index (χ4v) is 4.63. The number of nitrogens with one attached hydrogen (secondary N) is 1. The van der Waals surface area contributed by atoms with Gasteiger partial charge in [-0.1, -0.05) is 26.0 Å². The van der Waals surface area contributed by atoms with Crippen molar-refractivity contribution in [3.05, 3.63) is 29.8 Å². The molecule has 1 aliphatic rings. The molecular weight excluding hydrogens is 366 g/mol. The molecule has 0 bridgehead atoms. The Morgan fingerprint density at radius 3 is 2.33 bits per heavy atom. The van der Waals surface area contributed by atoms with Gasteiger partial charge in [-0.25, -0.2) is 8.42 Å². The molecule has 2 rings (SSSR count). The molecule has 0 unspecified atom stereocenters. The van der Waals surface area contributed by atoms with Crippen LogP contribution < -0.4 is 5.32 Å². The van der Waals surface area contributed by atoms with E-state index in [9.17, 15) is 18.0 Å². The highest BCUT2D eigenvalue weighted by Crippen LogP contribution is 2.20. The summed E-state index contributed by atoms with van der Waals surface area (Å²) in [5.41, 5.74) is 0.236. The summed E-state index contributed by atoms with van der Waals surface area (Å²) >= 11 is 0. The van der Waals surface area contributed by atoms with E-state index >= 15 is 0 Å². The van der Waals surface area contributed by atoms with Gasteiger partial charge in [0.15, 0.2) is 9.84 Å². The SMILES string of the molecule is CCCNC(=O)CN1CCN(C(=O)c2ccccc2S(=O)(=O)CCC)CC1. The van der Waals surface area contributed by atoms with Crippen LogP contribution in [0.25, 0.3) is 0 Å². The number of sulfone groups is 1. The predicted octanol–water partition coefficient (Wildman–Crippen LogP) is 1.15. The molecule has 0 saturated carbocycles. The zero-order valence-corrected chi connectivity index (χ0v) is 16.9. The molecule has 0 aliphatic carbocycles. The zero-order chi connectivity index (χ0) is 19.9. The molecule has 2 amide bonds. The van der Waals surface area contributed by atoms with Crippen LogP contribution in [0.1, 0.15) is 37.0 Å². The van der Waals surface area contributed by atoms with Crippen molar-refractivity contribution >= 4 is 21.7 Å². The van der Waals surface area contributed by atoms with E-state index in [2.05, 4.69) is 5.32 Å². The number of amides is 2. The molecule has 1 aromatic rings. The van der Waals surface area contributed by atoms with Gasteiger partial charge in [-0.15, -0.1) is 0 Å². The van der Waals surface area contributed by atoms with Gasteiger partial charge >= 0.3 is 0 Å². The first kappa shape index (κ1) is 21.4. The molecule has 0 atom stereocenters. The number of hydrogen-bond donors (Lipinski definition) is 1. The van der Waals surface area contributed by atoms with Crippen molar-refractivity contribution in [3.8, 4) is 0 Å². The lowest BCUT2D eigenvalue weighted by molar-refractivity contribution is -0.122. The molecule has 1 aliphatic heterocycles. The summed E-state index contributed by atoms with van der Waals surface area (Å²) in [6.45, 7) is 6.93. The average Bonchev–Trinajstić information content (AvgIpc) is 2.66. The lowest BCUT2D eigenvalue weighted by Crippen LogP contribution is -2.51. The summed E-state index contributed by atoms with van der Waals surface area (Å²) in [7, 11) is -3.47. The van der Waals surface area contributed by atoms with Gasteiger partial charge in [-0.05, 0) is 25.0 Å². The number of carbonyl (C=O) groups is 2. The van der Waals surface area contributed by atoms with E-state index in [4.69, 9.17) is 0 Å². The summed E-state index contributed by atoms with van der Waals surface area (Å²) in [4.78, 5) is 28.5. The Kier molecular flexibility index (Phi) is 7.79. The van der Waals surface area contributed by atoms with Crippen LogP contribution in [0.15, 0.2) is 29.2 Å². The standard InChI is InChI=1S/C19H29N3O4S/c1-3-9-20-18(23)15-21-10-12-22(13-11-21)19(24)16-7-5-6-8-17(16)27(25,26)14-4-2/h5-8H,3-4,9-15H2,1-2H3,(H,20,23).